The highest BCUT2D eigenvalue weighted by Crippen LogP contribution is 2.47. The molecule has 2 N–H and O–H groups in total. The largest absolute Gasteiger partial charge is 0.337 e. The molecule has 22 heavy (non-hydrogen) atoms. The average molecular weight is 315 g/mol. The standard InChI is InChI=1S/C18H19ClN2O/c1-13-3-2-4-16(11-13)21-17(22)20-12-18(9-10-18)14-5-7-15(19)8-6-14/h2-8,11H,9-10,12H2,1H3,(H2,20,21,22). The van der Waals surface area contributed by atoms with Crippen LogP contribution in [-0.4, -0.2) is 12.6 Å². The predicted molar refractivity (Wildman–Crippen MR) is 90.6 cm³/mol. The Balaban J connectivity index is 1.58. The highest BCUT2D eigenvalue weighted by atomic mass is 35.5. The molecular weight excluding hydrogens is 296 g/mol. The van der Waals surface area contributed by atoms with E-state index in [0.29, 0.717) is 6.54 Å². The van der Waals surface area contributed by atoms with Gasteiger partial charge in [0.1, 0.15) is 0 Å². The van der Waals surface area contributed by atoms with E-state index >= 15 is 0 Å². The first-order valence-corrected chi connectivity index (χ1v) is 7.83. The van der Waals surface area contributed by atoms with Crippen LogP contribution in [0.25, 0.3) is 0 Å². The molecule has 0 saturated heterocycles. The molecule has 2 aromatic rings. The quantitative estimate of drug-likeness (QED) is 0.857. The first-order valence-electron chi connectivity index (χ1n) is 7.45. The first-order chi connectivity index (χ1) is 10.6. The SMILES string of the molecule is Cc1cccc(NC(=O)NCC2(c3ccc(Cl)cc3)CC2)c1. The molecule has 1 fully saturated rings. The molecule has 114 valence electrons. The van der Waals surface area contributed by atoms with E-state index in [0.717, 1.165) is 29.1 Å². The third-order valence-corrected chi connectivity index (χ3v) is 4.43. The van der Waals surface area contributed by atoms with Crippen molar-refractivity contribution in [3.05, 3.63) is 64.7 Å². The van der Waals surface area contributed by atoms with E-state index in [2.05, 4.69) is 22.8 Å². The number of anilines is 1. The molecule has 1 saturated carbocycles. The number of halogens is 1. The molecule has 2 aromatic carbocycles. The van der Waals surface area contributed by atoms with E-state index in [-0.39, 0.29) is 11.4 Å². The Kier molecular flexibility index (Phi) is 4.08. The van der Waals surface area contributed by atoms with Gasteiger partial charge in [-0.25, -0.2) is 4.79 Å². The fourth-order valence-electron chi connectivity index (χ4n) is 2.67. The molecule has 0 bridgehead atoms. The monoisotopic (exact) mass is 314 g/mol. The van der Waals surface area contributed by atoms with Gasteiger partial charge in [0.05, 0.1) is 0 Å². The summed E-state index contributed by atoms with van der Waals surface area (Å²) in [5.74, 6) is 0. The summed E-state index contributed by atoms with van der Waals surface area (Å²) in [7, 11) is 0. The van der Waals surface area contributed by atoms with Gasteiger partial charge in [-0.15, -0.1) is 0 Å². The summed E-state index contributed by atoms with van der Waals surface area (Å²) >= 11 is 5.93. The normalized spacial score (nSPS) is 15.2. The van der Waals surface area contributed by atoms with Crippen LogP contribution in [0.4, 0.5) is 10.5 Å². The molecule has 2 amide bonds. The number of aryl methyl sites for hydroxylation is 1. The number of carbonyl (C=O) groups excluding carboxylic acids is 1. The topological polar surface area (TPSA) is 41.1 Å². The minimum atomic E-state index is -0.161. The molecule has 0 aromatic heterocycles. The lowest BCUT2D eigenvalue weighted by Crippen LogP contribution is -2.35. The van der Waals surface area contributed by atoms with E-state index in [1.807, 2.05) is 43.3 Å². The summed E-state index contributed by atoms with van der Waals surface area (Å²) in [6, 6.07) is 15.5. The number of nitrogens with one attached hydrogen (secondary N) is 2. The molecule has 0 heterocycles. The number of hydrogen-bond acceptors (Lipinski definition) is 1. The van der Waals surface area contributed by atoms with Gasteiger partial charge in [0.2, 0.25) is 0 Å². The molecule has 0 spiro atoms. The summed E-state index contributed by atoms with van der Waals surface area (Å²) in [5, 5.41) is 6.60. The van der Waals surface area contributed by atoms with E-state index < -0.39 is 0 Å². The second kappa shape index (κ2) is 6.01. The second-order valence-electron chi connectivity index (χ2n) is 5.96. The van der Waals surface area contributed by atoms with Crippen LogP contribution in [0.2, 0.25) is 5.02 Å². The first kappa shape index (κ1) is 14.9. The van der Waals surface area contributed by atoms with Crippen LogP contribution in [0.15, 0.2) is 48.5 Å². The van der Waals surface area contributed by atoms with E-state index in [1.54, 1.807) is 0 Å². The van der Waals surface area contributed by atoms with Crippen molar-refractivity contribution in [3.63, 3.8) is 0 Å². The fourth-order valence-corrected chi connectivity index (χ4v) is 2.80. The summed E-state index contributed by atoms with van der Waals surface area (Å²) in [6.45, 7) is 2.65. The zero-order valence-corrected chi connectivity index (χ0v) is 13.3. The van der Waals surface area contributed by atoms with Crippen LogP contribution >= 0.6 is 11.6 Å². The number of urea groups is 1. The lowest BCUT2D eigenvalue weighted by molar-refractivity contribution is 0.251. The molecule has 1 aliphatic rings. The van der Waals surface area contributed by atoms with Crippen LogP contribution < -0.4 is 10.6 Å². The highest BCUT2D eigenvalue weighted by molar-refractivity contribution is 6.30. The fraction of sp³-hybridized carbons (Fsp3) is 0.278. The average Bonchev–Trinajstić information content (AvgIpc) is 3.27. The van der Waals surface area contributed by atoms with Crippen molar-refractivity contribution < 1.29 is 4.79 Å². The van der Waals surface area contributed by atoms with Gasteiger partial charge in [-0.1, -0.05) is 35.9 Å². The van der Waals surface area contributed by atoms with Crippen LogP contribution in [0.3, 0.4) is 0 Å². The second-order valence-corrected chi connectivity index (χ2v) is 6.40. The molecule has 0 atom stereocenters. The lowest BCUT2D eigenvalue weighted by atomic mass is 9.96. The molecule has 0 aliphatic heterocycles. The van der Waals surface area contributed by atoms with Crippen LogP contribution in [0.1, 0.15) is 24.0 Å². The maximum absolute atomic E-state index is 12.0. The Morgan fingerprint density at radius 2 is 1.91 bits per heavy atom. The van der Waals surface area contributed by atoms with E-state index in [9.17, 15) is 4.79 Å². The van der Waals surface area contributed by atoms with Gasteiger partial charge in [-0.3, -0.25) is 0 Å². The molecular formula is C18H19ClN2O. The minimum Gasteiger partial charge on any atom is -0.337 e. The Hall–Kier alpha value is -2.00. The number of amides is 2. The lowest BCUT2D eigenvalue weighted by Gasteiger charge is -2.17. The zero-order chi connectivity index (χ0) is 15.6. The van der Waals surface area contributed by atoms with Crippen molar-refractivity contribution in [2.24, 2.45) is 0 Å². The van der Waals surface area contributed by atoms with Crippen molar-refractivity contribution in [2.75, 3.05) is 11.9 Å². The van der Waals surface area contributed by atoms with Crippen molar-refractivity contribution in [1.82, 2.24) is 5.32 Å². The highest BCUT2D eigenvalue weighted by Gasteiger charge is 2.44. The predicted octanol–water partition coefficient (Wildman–Crippen LogP) is 4.50. The minimum absolute atomic E-state index is 0.0779. The van der Waals surface area contributed by atoms with Crippen LogP contribution in [0, 0.1) is 6.92 Å². The third-order valence-electron chi connectivity index (χ3n) is 4.17. The number of benzene rings is 2. The summed E-state index contributed by atoms with van der Waals surface area (Å²) in [4.78, 5) is 12.0. The van der Waals surface area contributed by atoms with E-state index in [1.165, 1.54) is 5.56 Å². The van der Waals surface area contributed by atoms with Gasteiger partial charge < -0.3 is 10.6 Å². The molecule has 1 aliphatic carbocycles. The molecule has 3 rings (SSSR count). The smallest absolute Gasteiger partial charge is 0.319 e. The Bertz CT molecular complexity index is 678. The molecule has 3 nitrogen and oxygen atoms in total. The summed E-state index contributed by atoms with van der Waals surface area (Å²) in [5.41, 5.74) is 3.26. The van der Waals surface area contributed by atoms with Crippen molar-refractivity contribution >= 4 is 23.3 Å². The van der Waals surface area contributed by atoms with Gasteiger partial charge in [0.25, 0.3) is 0 Å². The summed E-state index contributed by atoms with van der Waals surface area (Å²) in [6.07, 6.45) is 2.19. The van der Waals surface area contributed by atoms with Gasteiger partial charge >= 0.3 is 6.03 Å². The molecule has 0 radical (unpaired) electrons. The number of hydrogen-bond donors (Lipinski definition) is 2. The Morgan fingerprint density at radius 1 is 1.18 bits per heavy atom. The van der Waals surface area contributed by atoms with Gasteiger partial charge in [-0.05, 0) is 55.2 Å². The molecule has 4 heteroatoms. The maximum Gasteiger partial charge on any atom is 0.319 e. The molecule has 0 unspecified atom stereocenters. The Labute approximate surface area is 135 Å². The van der Waals surface area contributed by atoms with Gasteiger partial charge in [0, 0.05) is 22.7 Å². The van der Waals surface area contributed by atoms with Crippen molar-refractivity contribution in [3.8, 4) is 0 Å². The van der Waals surface area contributed by atoms with Gasteiger partial charge in [-0.2, -0.15) is 0 Å². The zero-order valence-electron chi connectivity index (χ0n) is 12.5. The van der Waals surface area contributed by atoms with Crippen molar-refractivity contribution in [1.29, 1.82) is 0 Å². The Morgan fingerprint density at radius 3 is 2.55 bits per heavy atom. The number of rotatable bonds is 4. The van der Waals surface area contributed by atoms with Crippen LogP contribution in [-0.2, 0) is 5.41 Å². The van der Waals surface area contributed by atoms with E-state index in [4.69, 9.17) is 11.6 Å². The summed E-state index contributed by atoms with van der Waals surface area (Å²) < 4.78 is 0. The van der Waals surface area contributed by atoms with Crippen molar-refractivity contribution in [2.45, 2.75) is 25.2 Å². The van der Waals surface area contributed by atoms with Crippen LogP contribution in [0.5, 0.6) is 0 Å². The third kappa shape index (κ3) is 3.42. The number of carbonyl (C=O) groups is 1. The maximum atomic E-state index is 12.0. The van der Waals surface area contributed by atoms with Gasteiger partial charge in [0.15, 0.2) is 0 Å².